The monoisotopic (exact) mass is 401 g/mol. The number of rotatable bonds is 9. The Labute approximate surface area is 168 Å². The van der Waals surface area contributed by atoms with Crippen LogP contribution in [0.5, 0.6) is 0 Å². The van der Waals surface area contributed by atoms with Gasteiger partial charge in [-0.2, -0.15) is 0 Å². The molecule has 1 amide bonds. The highest BCUT2D eigenvalue weighted by atomic mass is 32.2. The Bertz CT molecular complexity index is 807. The van der Waals surface area contributed by atoms with Gasteiger partial charge in [-0.1, -0.05) is 12.1 Å². The van der Waals surface area contributed by atoms with Gasteiger partial charge in [-0.15, -0.1) is 11.8 Å². The van der Waals surface area contributed by atoms with Crippen LogP contribution in [0.15, 0.2) is 53.4 Å². The quantitative estimate of drug-likeness (QED) is 0.288. The summed E-state index contributed by atoms with van der Waals surface area (Å²) in [5.41, 5.74) is 1.49. The van der Waals surface area contributed by atoms with Gasteiger partial charge in [0.1, 0.15) is 0 Å². The molecule has 148 valence electrons. The van der Waals surface area contributed by atoms with Gasteiger partial charge in [-0.05, 0) is 37.1 Å². The van der Waals surface area contributed by atoms with Crippen LogP contribution in [0.1, 0.15) is 23.2 Å². The molecule has 28 heavy (non-hydrogen) atoms. The molecule has 2 N–H and O–H groups in total. The van der Waals surface area contributed by atoms with Gasteiger partial charge in [-0.3, -0.25) is 14.9 Å². The Hall–Kier alpha value is -2.58. The fraction of sp³-hybridized carbons (Fsp3) is 0.350. The maximum Gasteiger partial charge on any atom is 0.269 e. The standard InChI is InChI=1S/C20H23N3O4S/c24-20(22-12-11-21-15-7-9-16(10-8-15)23(25)26)18-5-1-2-6-19(18)28-14-17-4-3-13-27-17/h1-2,5-10,17,21H,3-4,11-14H2,(H,22,24). The number of thioether (sulfide) groups is 1. The molecule has 1 saturated heterocycles. The van der Waals surface area contributed by atoms with E-state index in [0.29, 0.717) is 18.7 Å². The lowest BCUT2D eigenvalue weighted by Gasteiger charge is -2.13. The van der Waals surface area contributed by atoms with Crippen molar-refractivity contribution >= 4 is 29.0 Å². The first-order valence-electron chi connectivity index (χ1n) is 9.23. The smallest absolute Gasteiger partial charge is 0.269 e. The molecular weight excluding hydrogens is 378 g/mol. The highest BCUT2D eigenvalue weighted by molar-refractivity contribution is 7.99. The number of nitro benzene ring substituents is 1. The predicted octanol–water partition coefficient (Wildman–Crippen LogP) is 3.71. The van der Waals surface area contributed by atoms with Crippen molar-refractivity contribution < 1.29 is 14.5 Å². The van der Waals surface area contributed by atoms with Gasteiger partial charge < -0.3 is 15.4 Å². The largest absolute Gasteiger partial charge is 0.383 e. The zero-order valence-electron chi connectivity index (χ0n) is 15.4. The Kier molecular flexibility index (Phi) is 7.27. The maximum atomic E-state index is 12.5. The third-order valence-electron chi connectivity index (χ3n) is 4.40. The zero-order valence-corrected chi connectivity index (χ0v) is 16.2. The summed E-state index contributed by atoms with van der Waals surface area (Å²) >= 11 is 1.66. The normalized spacial score (nSPS) is 15.9. The topological polar surface area (TPSA) is 93.5 Å². The lowest BCUT2D eigenvalue weighted by molar-refractivity contribution is -0.384. The molecule has 1 fully saturated rings. The van der Waals surface area contributed by atoms with Gasteiger partial charge in [0.05, 0.1) is 16.6 Å². The van der Waals surface area contributed by atoms with Crippen molar-refractivity contribution in [3.8, 4) is 0 Å². The number of nitro groups is 1. The van der Waals surface area contributed by atoms with Crippen LogP contribution in [0, 0.1) is 10.1 Å². The van der Waals surface area contributed by atoms with E-state index >= 15 is 0 Å². The van der Waals surface area contributed by atoms with Crippen LogP contribution in [-0.2, 0) is 4.74 Å². The van der Waals surface area contributed by atoms with Crippen LogP contribution in [0.25, 0.3) is 0 Å². The van der Waals surface area contributed by atoms with E-state index in [1.54, 1.807) is 23.9 Å². The van der Waals surface area contributed by atoms with Gasteiger partial charge in [-0.25, -0.2) is 0 Å². The van der Waals surface area contributed by atoms with E-state index in [-0.39, 0.29) is 17.7 Å². The molecule has 1 unspecified atom stereocenters. The second-order valence-electron chi connectivity index (χ2n) is 6.43. The number of nitrogens with zero attached hydrogens (tertiary/aromatic N) is 1. The Morgan fingerprint density at radius 1 is 1.18 bits per heavy atom. The van der Waals surface area contributed by atoms with Gasteiger partial charge in [0.15, 0.2) is 0 Å². The van der Waals surface area contributed by atoms with E-state index in [1.807, 2.05) is 24.3 Å². The third-order valence-corrected chi connectivity index (χ3v) is 5.60. The maximum absolute atomic E-state index is 12.5. The van der Waals surface area contributed by atoms with Crippen LogP contribution in [0.4, 0.5) is 11.4 Å². The first kappa shape index (κ1) is 20.2. The molecule has 1 heterocycles. The van der Waals surface area contributed by atoms with E-state index in [4.69, 9.17) is 4.74 Å². The number of ether oxygens (including phenoxy) is 1. The second kappa shape index (κ2) is 10.1. The molecule has 1 aliphatic rings. The molecule has 0 saturated carbocycles. The SMILES string of the molecule is O=C(NCCNc1ccc([N+](=O)[O-])cc1)c1ccccc1SCC1CCCO1. The summed E-state index contributed by atoms with van der Waals surface area (Å²) in [6.45, 7) is 1.80. The molecule has 0 radical (unpaired) electrons. The van der Waals surface area contributed by atoms with E-state index < -0.39 is 4.92 Å². The van der Waals surface area contributed by atoms with Crippen molar-refractivity contribution in [3.63, 3.8) is 0 Å². The van der Waals surface area contributed by atoms with Crippen molar-refractivity contribution in [1.29, 1.82) is 0 Å². The van der Waals surface area contributed by atoms with Crippen LogP contribution in [-0.4, -0.2) is 42.4 Å². The summed E-state index contributed by atoms with van der Waals surface area (Å²) in [4.78, 5) is 23.7. The predicted molar refractivity (Wildman–Crippen MR) is 110 cm³/mol. The zero-order chi connectivity index (χ0) is 19.8. The molecule has 3 rings (SSSR count). The summed E-state index contributed by atoms with van der Waals surface area (Å²) in [5.74, 6) is 0.743. The Morgan fingerprint density at radius 2 is 1.96 bits per heavy atom. The molecule has 1 atom stereocenters. The molecule has 2 aromatic carbocycles. The molecule has 0 aliphatic carbocycles. The summed E-state index contributed by atoms with van der Waals surface area (Å²) in [6.07, 6.45) is 2.46. The van der Waals surface area contributed by atoms with Crippen molar-refractivity contribution in [2.75, 3.05) is 30.8 Å². The number of benzene rings is 2. The molecule has 0 bridgehead atoms. The summed E-state index contributed by atoms with van der Waals surface area (Å²) < 4.78 is 5.65. The lowest BCUT2D eigenvalue weighted by Crippen LogP contribution is -2.29. The first-order valence-corrected chi connectivity index (χ1v) is 10.2. The van der Waals surface area contributed by atoms with Gasteiger partial charge in [0.2, 0.25) is 0 Å². The van der Waals surface area contributed by atoms with Crippen molar-refractivity contribution in [3.05, 3.63) is 64.2 Å². The van der Waals surface area contributed by atoms with E-state index in [1.165, 1.54) is 12.1 Å². The minimum atomic E-state index is -0.432. The number of carbonyl (C=O) groups excluding carboxylic acids is 1. The number of non-ortho nitro benzene ring substituents is 1. The number of nitrogens with one attached hydrogen (secondary N) is 2. The van der Waals surface area contributed by atoms with Gasteiger partial charge >= 0.3 is 0 Å². The second-order valence-corrected chi connectivity index (χ2v) is 7.49. The highest BCUT2D eigenvalue weighted by Crippen LogP contribution is 2.26. The summed E-state index contributed by atoms with van der Waals surface area (Å²) in [6, 6.07) is 13.8. The average Bonchev–Trinajstić information content (AvgIpc) is 3.24. The molecule has 7 nitrogen and oxygen atoms in total. The van der Waals surface area contributed by atoms with E-state index in [0.717, 1.165) is 35.8 Å². The number of amides is 1. The van der Waals surface area contributed by atoms with Crippen molar-refractivity contribution in [2.24, 2.45) is 0 Å². The fourth-order valence-corrected chi connectivity index (χ4v) is 4.04. The molecule has 8 heteroatoms. The van der Waals surface area contributed by atoms with Gasteiger partial charge in [0, 0.05) is 48.2 Å². The first-order chi connectivity index (χ1) is 13.6. The van der Waals surface area contributed by atoms with Crippen molar-refractivity contribution in [1.82, 2.24) is 5.32 Å². The number of anilines is 1. The van der Waals surface area contributed by atoms with Crippen LogP contribution < -0.4 is 10.6 Å². The van der Waals surface area contributed by atoms with Crippen LogP contribution >= 0.6 is 11.8 Å². The molecule has 0 spiro atoms. The molecule has 0 aromatic heterocycles. The molecule has 2 aromatic rings. The Balaban J connectivity index is 1.46. The minimum absolute atomic E-state index is 0.0518. The lowest BCUT2D eigenvalue weighted by atomic mass is 10.2. The van der Waals surface area contributed by atoms with Gasteiger partial charge in [0.25, 0.3) is 11.6 Å². The van der Waals surface area contributed by atoms with E-state index in [9.17, 15) is 14.9 Å². The molecule has 1 aliphatic heterocycles. The highest BCUT2D eigenvalue weighted by Gasteiger charge is 2.17. The van der Waals surface area contributed by atoms with Crippen LogP contribution in [0.3, 0.4) is 0 Å². The third kappa shape index (κ3) is 5.71. The fourth-order valence-electron chi connectivity index (χ4n) is 2.92. The number of carbonyl (C=O) groups is 1. The molecular formula is C20H23N3O4S. The van der Waals surface area contributed by atoms with Crippen LogP contribution in [0.2, 0.25) is 0 Å². The van der Waals surface area contributed by atoms with Crippen molar-refractivity contribution in [2.45, 2.75) is 23.8 Å². The average molecular weight is 401 g/mol. The summed E-state index contributed by atoms with van der Waals surface area (Å²) in [5, 5.41) is 16.7. The minimum Gasteiger partial charge on any atom is -0.383 e. The number of hydrogen-bond donors (Lipinski definition) is 2. The Morgan fingerprint density at radius 3 is 2.68 bits per heavy atom. The summed E-state index contributed by atoms with van der Waals surface area (Å²) in [7, 11) is 0. The van der Waals surface area contributed by atoms with E-state index in [2.05, 4.69) is 10.6 Å². The number of hydrogen-bond acceptors (Lipinski definition) is 6.